The Labute approximate surface area is 160 Å². The van der Waals surface area contributed by atoms with Crippen molar-refractivity contribution in [2.45, 2.75) is 65.1 Å². The van der Waals surface area contributed by atoms with Crippen LogP contribution in [0.25, 0.3) is 0 Å². The van der Waals surface area contributed by atoms with Crippen LogP contribution in [0.4, 0.5) is 4.79 Å². The van der Waals surface area contributed by atoms with Gasteiger partial charge in [0.1, 0.15) is 18.7 Å². The van der Waals surface area contributed by atoms with Crippen molar-refractivity contribution in [1.29, 1.82) is 0 Å². The zero-order valence-electron chi connectivity index (χ0n) is 16.2. The van der Waals surface area contributed by atoms with Gasteiger partial charge in [0.25, 0.3) is 0 Å². The molecule has 0 aliphatic carbocycles. The summed E-state index contributed by atoms with van der Waals surface area (Å²) >= 11 is 0. The molecule has 0 heterocycles. The van der Waals surface area contributed by atoms with Crippen molar-refractivity contribution >= 4 is 18.0 Å². The highest BCUT2D eigenvalue weighted by Gasteiger charge is 2.27. The zero-order chi connectivity index (χ0) is 20.2. The minimum absolute atomic E-state index is 0.0971. The van der Waals surface area contributed by atoms with Gasteiger partial charge in [-0.3, -0.25) is 4.79 Å². The Morgan fingerprint density at radius 1 is 1.07 bits per heavy atom. The van der Waals surface area contributed by atoms with Gasteiger partial charge in [-0.15, -0.1) is 0 Å². The Hall–Kier alpha value is -2.57. The zero-order valence-corrected chi connectivity index (χ0v) is 16.2. The van der Waals surface area contributed by atoms with Crippen molar-refractivity contribution in [3.63, 3.8) is 0 Å². The fourth-order valence-electron chi connectivity index (χ4n) is 2.55. The fraction of sp³-hybridized carbons (Fsp3) is 0.550. The number of carboxylic acid groups (broad SMARTS) is 1. The van der Waals surface area contributed by atoms with E-state index in [-0.39, 0.29) is 12.5 Å². The fourth-order valence-corrected chi connectivity index (χ4v) is 2.55. The highest BCUT2D eigenvalue weighted by Crippen LogP contribution is 2.08. The second-order valence-electron chi connectivity index (χ2n) is 6.93. The van der Waals surface area contributed by atoms with Gasteiger partial charge in [0.15, 0.2) is 0 Å². The number of alkyl carbamates (subject to hydrolysis) is 1. The Balaban J connectivity index is 2.65. The number of benzene rings is 1. The quantitative estimate of drug-likeness (QED) is 0.549. The van der Waals surface area contributed by atoms with Crippen LogP contribution in [0.5, 0.6) is 0 Å². The number of nitrogens with one attached hydrogen (secondary N) is 2. The third-order valence-electron chi connectivity index (χ3n) is 3.99. The van der Waals surface area contributed by atoms with E-state index >= 15 is 0 Å². The lowest BCUT2D eigenvalue weighted by atomic mass is 10.0. The molecule has 150 valence electrons. The molecule has 2 amide bonds. The topological polar surface area (TPSA) is 105 Å². The summed E-state index contributed by atoms with van der Waals surface area (Å²) in [6, 6.07) is 7.40. The average Bonchev–Trinajstić information content (AvgIpc) is 2.63. The number of amides is 2. The maximum Gasteiger partial charge on any atom is 0.408 e. The maximum atomic E-state index is 12.5. The summed E-state index contributed by atoms with van der Waals surface area (Å²) < 4.78 is 5.16. The van der Waals surface area contributed by atoms with E-state index in [1.165, 1.54) is 0 Å². The number of ether oxygens (including phenoxy) is 1. The van der Waals surface area contributed by atoms with Crippen LogP contribution in [0.2, 0.25) is 0 Å². The van der Waals surface area contributed by atoms with Gasteiger partial charge in [-0.2, -0.15) is 0 Å². The van der Waals surface area contributed by atoms with E-state index in [9.17, 15) is 19.5 Å². The molecule has 1 rings (SSSR count). The molecule has 0 aliphatic heterocycles. The van der Waals surface area contributed by atoms with Crippen molar-refractivity contribution in [1.82, 2.24) is 10.6 Å². The van der Waals surface area contributed by atoms with Gasteiger partial charge < -0.3 is 20.5 Å². The largest absolute Gasteiger partial charge is 0.480 e. The van der Waals surface area contributed by atoms with Crippen molar-refractivity contribution in [3.05, 3.63) is 35.9 Å². The molecular weight excluding hydrogens is 348 g/mol. The summed E-state index contributed by atoms with van der Waals surface area (Å²) in [5.41, 5.74) is 0.838. The maximum absolute atomic E-state index is 12.5. The molecule has 0 saturated carbocycles. The normalized spacial score (nSPS) is 12.9. The lowest BCUT2D eigenvalue weighted by Gasteiger charge is -2.22. The van der Waals surface area contributed by atoms with Crippen LogP contribution >= 0.6 is 0 Å². The minimum atomic E-state index is -1.09. The van der Waals surface area contributed by atoms with Gasteiger partial charge in [-0.05, 0) is 24.3 Å². The van der Waals surface area contributed by atoms with Crippen LogP contribution in [-0.4, -0.2) is 35.2 Å². The molecule has 0 bridgehead atoms. The summed E-state index contributed by atoms with van der Waals surface area (Å²) in [4.78, 5) is 35.9. The Bertz CT molecular complexity index is 604. The van der Waals surface area contributed by atoms with E-state index in [1.807, 2.05) is 51.1 Å². The number of carboxylic acids is 1. The van der Waals surface area contributed by atoms with Crippen LogP contribution in [0, 0.1) is 5.92 Å². The number of hydrogen-bond donors (Lipinski definition) is 3. The molecule has 7 nitrogen and oxygen atoms in total. The van der Waals surface area contributed by atoms with Gasteiger partial charge in [0.05, 0.1) is 0 Å². The number of aliphatic carboxylic acids is 1. The van der Waals surface area contributed by atoms with Gasteiger partial charge in [0.2, 0.25) is 5.91 Å². The van der Waals surface area contributed by atoms with Gasteiger partial charge in [0, 0.05) is 0 Å². The second-order valence-corrected chi connectivity index (χ2v) is 6.93. The minimum Gasteiger partial charge on any atom is -0.480 e. The molecule has 0 aromatic heterocycles. The van der Waals surface area contributed by atoms with E-state index in [1.54, 1.807) is 0 Å². The SMILES string of the molecule is CCCC[C@@H](NC(=O)OCc1ccccc1)C(=O)N[C@@H](CC(C)C)C(=O)O. The third-order valence-corrected chi connectivity index (χ3v) is 3.99. The number of carbonyl (C=O) groups is 3. The van der Waals surface area contributed by atoms with Crippen LogP contribution in [0.1, 0.15) is 52.0 Å². The number of unbranched alkanes of at least 4 members (excludes halogenated alkanes) is 1. The number of carbonyl (C=O) groups excluding carboxylic acids is 2. The summed E-state index contributed by atoms with van der Waals surface area (Å²) in [6.07, 6.45) is 1.60. The lowest BCUT2D eigenvalue weighted by molar-refractivity contribution is -0.142. The molecule has 0 unspecified atom stereocenters. The molecule has 27 heavy (non-hydrogen) atoms. The summed E-state index contributed by atoms with van der Waals surface area (Å²) in [7, 11) is 0. The molecule has 1 aromatic rings. The van der Waals surface area contributed by atoms with E-state index in [0.29, 0.717) is 12.8 Å². The molecular formula is C20H30N2O5. The first kappa shape index (κ1) is 22.5. The molecule has 0 fully saturated rings. The van der Waals surface area contributed by atoms with E-state index in [4.69, 9.17) is 4.74 Å². The molecule has 7 heteroatoms. The molecule has 0 radical (unpaired) electrons. The standard InChI is InChI=1S/C20H30N2O5/c1-4-5-11-16(18(23)21-17(19(24)25)12-14(2)3)22-20(26)27-13-15-9-7-6-8-10-15/h6-10,14,16-17H,4-5,11-13H2,1-3H3,(H,21,23)(H,22,26)(H,24,25)/t16-,17+/m1/s1. The monoisotopic (exact) mass is 378 g/mol. The molecule has 2 atom stereocenters. The first-order valence-electron chi connectivity index (χ1n) is 9.33. The first-order valence-corrected chi connectivity index (χ1v) is 9.33. The van der Waals surface area contributed by atoms with Crippen LogP contribution in [-0.2, 0) is 20.9 Å². The van der Waals surface area contributed by atoms with Gasteiger partial charge >= 0.3 is 12.1 Å². The van der Waals surface area contributed by atoms with Crippen molar-refractivity contribution in [3.8, 4) is 0 Å². The smallest absolute Gasteiger partial charge is 0.408 e. The van der Waals surface area contributed by atoms with Crippen LogP contribution in [0.15, 0.2) is 30.3 Å². The van der Waals surface area contributed by atoms with E-state index in [0.717, 1.165) is 18.4 Å². The number of hydrogen-bond acceptors (Lipinski definition) is 4. The van der Waals surface area contributed by atoms with E-state index in [2.05, 4.69) is 10.6 Å². The van der Waals surface area contributed by atoms with Gasteiger partial charge in [-0.25, -0.2) is 9.59 Å². The van der Waals surface area contributed by atoms with Crippen molar-refractivity contribution < 1.29 is 24.2 Å². The summed E-state index contributed by atoms with van der Waals surface area (Å²) in [5.74, 6) is -1.48. The highest BCUT2D eigenvalue weighted by atomic mass is 16.5. The molecule has 0 aliphatic rings. The predicted molar refractivity (Wildman–Crippen MR) is 102 cm³/mol. The third kappa shape index (κ3) is 9.08. The Morgan fingerprint density at radius 2 is 1.74 bits per heavy atom. The Kier molecular flexibility index (Phi) is 9.93. The highest BCUT2D eigenvalue weighted by molar-refractivity contribution is 5.89. The van der Waals surface area contributed by atoms with E-state index < -0.39 is 30.1 Å². The first-order chi connectivity index (χ1) is 12.8. The van der Waals surface area contributed by atoms with Gasteiger partial charge in [-0.1, -0.05) is 63.9 Å². The van der Waals surface area contributed by atoms with Crippen LogP contribution in [0.3, 0.4) is 0 Å². The molecule has 1 aromatic carbocycles. The molecule has 3 N–H and O–H groups in total. The summed E-state index contributed by atoms with van der Waals surface area (Å²) in [6.45, 7) is 5.84. The van der Waals surface area contributed by atoms with Crippen molar-refractivity contribution in [2.75, 3.05) is 0 Å². The number of rotatable bonds is 11. The second kappa shape index (κ2) is 11.9. The Morgan fingerprint density at radius 3 is 2.30 bits per heavy atom. The summed E-state index contributed by atoms with van der Waals surface area (Å²) in [5, 5.41) is 14.4. The van der Waals surface area contributed by atoms with Crippen molar-refractivity contribution in [2.24, 2.45) is 5.92 Å². The lowest BCUT2D eigenvalue weighted by Crippen LogP contribution is -2.52. The van der Waals surface area contributed by atoms with Crippen LogP contribution < -0.4 is 10.6 Å². The predicted octanol–water partition coefficient (Wildman–Crippen LogP) is 3.09. The average molecular weight is 378 g/mol. The molecule has 0 spiro atoms. The molecule has 0 saturated heterocycles.